The van der Waals surface area contributed by atoms with Crippen LogP contribution in [0.2, 0.25) is 0 Å². The summed E-state index contributed by atoms with van der Waals surface area (Å²) < 4.78 is 18.3. The third-order valence-corrected chi connectivity index (χ3v) is 2.32. The standard InChI is InChI=1S/C12H16FNO3/c1-8(7-17-2)6-14-10-5-3-4-9(13)11(10)12(15)16/h3-5,8,14H,6-7H2,1-2H3,(H,15,16). The van der Waals surface area contributed by atoms with Crippen LogP contribution >= 0.6 is 0 Å². The molecule has 0 spiro atoms. The maximum Gasteiger partial charge on any atom is 0.340 e. The van der Waals surface area contributed by atoms with E-state index in [0.29, 0.717) is 18.8 Å². The number of carboxylic acids is 1. The number of carbonyl (C=O) groups is 1. The van der Waals surface area contributed by atoms with Crippen molar-refractivity contribution >= 4 is 11.7 Å². The molecule has 5 heteroatoms. The van der Waals surface area contributed by atoms with E-state index in [1.807, 2.05) is 6.92 Å². The highest BCUT2D eigenvalue weighted by atomic mass is 19.1. The molecule has 94 valence electrons. The molecule has 0 heterocycles. The van der Waals surface area contributed by atoms with E-state index < -0.39 is 11.8 Å². The first-order valence-corrected chi connectivity index (χ1v) is 5.31. The first-order chi connectivity index (χ1) is 8.06. The van der Waals surface area contributed by atoms with E-state index in [-0.39, 0.29) is 11.5 Å². The van der Waals surface area contributed by atoms with Crippen LogP contribution in [-0.4, -0.2) is 31.3 Å². The first-order valence-electron chi connectivity index (χ1n) is 5.31. The van der Waals surface area contributed by atoms with E-state index in [9.17, 15) is 9.18 Å². The second-order valence-corrected chi connectivity index (χ2v) is 3.91. The summed E-state index contributed by atoms with van der Waals surface area (Å²) >= 11 is 0. The minimum atomic E-state index is -1.27. The van der Waals surface area contributed by atoms with Crippen molar-refractivity contribution in [1.29, 1.82) is 0 Å². The van der Waals surface area contributed by atoms with Gasteiger partial charge in [0, 0.05) is 13.7 Å². The van der Waals surface area contributed by atoms with E-state index >= 15 is 0 Å². The summed E-state index contributed by atoms with van der Waals surface area (Å²) in [5, 5.41) is 11.8. The lowest BCUT2D eigenvalue weighted by molar-refractivity contribution is 0.0693. The van der Waals surface area contributed by atoms with Crippen molar-refractivity contribution in [2.75, 3.05) is 25.6 Å². The largest absolute Gasteiger partial charge is 0.478 e. The molecular weight excluding hydrogens is 225 g/mol. The van der Waals surface area contributed by atoms with Crippen LogP contribution < -0.4 is 5.32 Å². The van der Waals surface area contributed by atoms with Crippen LogP contribution in [0.1, 0.15) is 17.3 Å². The van der Waals surface area contributed by atoms with E-state index in [0.717, 1.165) is 6.07 Å². The van der Waals surface area contributed by atoms with Gasteiger partial charge in [0.1, 0.15) is 11.4 Å². The van der Waals surface area contributed by atoms with Crippen LogP contribution in [0.3, 0.4) is 0 Å². The van der Waals surface area contributed by atoms with E-state index in [2.05, 4.69) is 5.32 Å². The van der Waals surface area contributed by atoms with Gasteiger partial charge in [-0.3, -0.25) is 0 Å². The zero-order chi connectivity index (χ0) is 12.8. The van der Waals surface area contributed by atoms with Crippen LogP contribution in [0, 0.1) is 11.7 Å². The summed E-state index contributed by atoms with van der Waals surface area (Å²) in [5.41, 5.74) is -0.0300. The summed E-state index contributed by atoms with van der Waals surface area (Å²) in [7, 11) is 1.60. The highest BCUT2D eigenvalue weighted by molar-refractivity contribution is 5.94. The monoisotopic (exact) mass is 241 g/mol. The van der Waals surface area contributed by atoms with Gasteiger partial charge in [-0.15, -0.1) is 0 Å². The zero-order valence-corrected chi connectivity index (χ0v) is 9.87. The zero-order valence-electron chi connectivity index (χ0n) is 9.87. The van der Waals surface area contributed by atoms with Gasteiger partial charge in [-0.1, -0.05) is 13.0 Å². The predicted octanol–water partition coefficient (Wildman–Crippen LogP) is 2.22. The molecule has 2 N–H and O–H groups in total. The molecule has 0 fully saturated rings. The molecule has 0 aromatic heterocycles. The summed E-state index contributed by atoms with van der Waals surface area (Å²) in [6.45, 7) is 3.04. The van der Waals surface area contributed by atoms with Crippen LogP contribution in [0.4, 0.5) is 10.1 Å². The molecule has 1 rings (SSSR count). The van der Waals surface area contributed by atoms with Gasteiger partial charge < -0.3 is 15.2 Å². The summed E-state index contributed by atoms with van der Waals surface area (Å²) in [4.78, 5) is 10.9. The molecule has 17 heavy (non-hydrogen) atoms. The molecule has 0 saturated heterocycles. The number of hydrogen-bond acceptors (Lipinski definition) is 3. The highest BCUT2D eigenvalue weighted by Crippen LogP contribution is 2.19. The topological polar surface area (TPSA) is 58.6 Å². The Balaban J connectivity index is 2.77. The number of nitrogens with one attached hydrogen (secondary N) is 1. The van der Waals surface area contributed by atoms with Gasteiger partial charge in [0.15, 0.2) is 0 Å². The molecule has 0 bridgehead atoms. The molecule has 0 saturated carbocycles. The second-order valence-electron chi connectivity index (χ2n) is 3.91. The Kier molecular flexibility index (Phi) is 4.90. The quantitative estimate of drug-likeness (QED) is 0.801. The third kappa shape index (κ3) is 3.71. The number of hydrogen-bond donors (Lipinski definition) is 2. The molecular formula is C12H16FNO3. The van der Waals surface area contributed by atoms with Crippen LogP contribution in [-0.2, 0) is 4.74 Å². The van der Waals surface area contributed by atoms with Gasteiger partial charge in [-0.2, -0.15) is 0 Å². The lowest BCUT2D eigenvalue weighted by atomic mass is 10.1. The minimum Gasteiger partial charge on any atom is -0.478 e. The lowest BCUT2D eigenvalue weighted by Gasteiger charge is -2.14. The maximum atomic E-state index is 13.3. The fourth-order valence-electron chi connectivity index (χ4n) is 1.52. The molecule has 0 aliphatic rings. The van der Waals surface area contributed by atoms with E-state index in [1.165, 1.54) is 6.07 Å². The molecule has 1 aromatic rings. The van der Waals surface area contributed by atoms with Gasteiger partial charge in [-0.25, -0.2) is 9.18 Å². The fraction of sp³-hybridized carbons (Fsp3) is 0.417. The Hall–Kier alpha value is -1.62. The summed E-state index contributed by atoms with van der Waals surface area (Å²) in [6.07, 6.45) is 0. The van der Waals surface area contributed by atoms with Crippen molar-refractivity contribution in [3.8, 4) is 0 Å². The first kappa shape index (κ1) is 13.4. The van der Waals surface area contributed by atoms with Crippen molar-refractivity contribution in [3.05, 3.63) is 29.6 Å². The summed E-state index contributed by atoms with van der Waals surface area (Å²) in [6, 6.07) is 4.16. The number of benzene rings is 1. The Bertz CT molecular complexity index is 395. The molecule has 0 amide bonds. The van der Waals surface area contributed by atoms with Crippen molar-refractivity contribution in [3.63, 3.8) is 0 Å². The Morgan fingerprint density at radius 2 is 2.29 bits per heavy atom. The van der Waals surface area contributed by atoms with Crippen molar-refractivity contribution in [1.82, 2.24) is 0 Å². The lowest BCUT2D eigenvalue weighted by Crippen LogP contribution is -2.17. The molecule has 4 nitrogen and oxygen atoms in total. The van der Waals surface area contributed by atoms with Gasteiger partial charge >= 0.3 is 5.97 Å². The Morgan fingerprint density at radius 1 is 1.59 bits per heavy atom. The minimum absolute atomic E-state index is 0.213. The van der Waals surface area contributed by atoms with E-state index in [4.69, 9.17) is 9.84 Å². The summed E-state index contributed by atoms with van der Waals surface area (Å²) in [5.74, 6) is -1.79. The number of rotatable bonds is 6. The fourth-order valence-corrected chi connectivity index (χ4v) is 1.52. The van der Waals surface area contributed by atoms with Crippen molar-refractivity contribution in [2.45, 2.75) is 6.92 Å². The predicted molar refractivity (Wildman–Crippen MR) is 62.9 cm³/mol. The average Bonchev–Trinajstić information content (AvgIpc) is 2.26. The Morgan fingerprint density at radius 3 is 2.88 bits per heavy atom. The van der Waals surface area contributed by atoms with Gasteiger partial charge in [0.2, 0.25) is 0 Å². The number of carboxylic acid groups (broad SMARTS) is 1. The average molecular weight is 241 g/mol. The number of aromatic carboxylic acids is 1. The second kappa shape index (κ2) is 6.20. The normalized spacial score (nSPS) is 12.2. The number of halogens is 1. The van der Waals surface area contributed by atoms with Crippen molar-refractivity contribution < 1.29 is 19.0 Å². The number of methoxy groups -OCH3 is 1. The van der Waals surface area contributed by atoms with Crippen LogP contribution in [0.25, 0.3) is 0 Å². The molecule has 0 aliphatic heterocycles. The van der Waals surface area contributed by atoms with Gasteiger partial charge in [0.25, 0.3) is 0 Å². The number of ether oxygens (including phenoxy) is 1. The molecule has 0 aliphatic carbocycles. The number of anilines is 1. The highest BCUT2D eigenvalue weighted by Gasteiger charge is 2.15. The van der Waals surface area contributed by atoms with E-state index in [1.54, 1.807) is 13.2 Å². The van der Waals surface area contributed by atoms with Crippen LogP contribution in [0.5, 0.6) is 0 Å². The SMILES string of the molecule is COCC(C)CNc1cccc(F)c1C(=O)O. The van der Waals surface area contributed by atoms with Crippen LogP contribution in [0.15, 0.2) is 18.2 Å². The van der Waals surface area contributed by atoms with Gasteiger partial charge in [-0.05, 0) is 18.1 Å². The molecule has 1 atom stereocenters. The maximum absolute atomic E-state index is 13.3. The van der Waals surface area contributed by atoms with Gasteiger partial charge in [0.05, 0.1) is 12.3 Å². The third-order valence-electron chi connectivity index (χ3n) is 2.32. The molecule has 1 unspecified atom stereocenters. The molecule has 1 aromatic carbocycles. The smallest absolute Gasteiger partial charge is 0.340 e. The van der Waals surface area contributed by atoms with Crippen molar-refractivity contribution in [2.24, 2.45) is 5.92 Å². The Labute approximate surface area is 99.4 Å². The molecule has 0 radical (unpaired) electrons.